The summed E-state index contributed by atoms with van der Waals surface area (Å²) in [5, 5.41) is 0. The SMILES string of the molecule is COc1ccc(C2CCCC3OC3C2)cc1. The highest BCUT2D eigenvalue weighted by atomic mass is 16.6. The van der Waals surface area contributed by atoms with Crippen LogP contribution in [-0.4, -0.2) is 19.3 Å². The number of hydrogen-bond donors (Lipinski definition) is 0. The summed E-state index contributed by atoms with van der Waals surface area (Å²) in [7, 11) is 1.71. The first kappa shape index (κ1) is 10.2. The Morgan fingerprint density at radius 3 is 2.69 bits per heavy atom. The molecular weight excluding hydrogens is 200 g/mol. The molecule has 0 aromatic heterocycles. The molecule has 3 rings (SSSR count). The highest BCUT2D eigenvalue weighted by Gasteiger charge is 2.41. The largest absolute Gasteiger partial charge is 0.497 e. The lowest BCUT2D eigenvalue weighted by Crippen LogP contribution is -2.01. The number of methoxy groups -OCH3 is 1. The topological polar surface area (TPSA) is 21.8 Å². The van der Waals surface area contributed by atoms with Gasteiger partial charge in [-0.25, -0.2) is 0 Å². The fourth-order valence-corrected chi connectivity index (χ4v) is 2.78. The van der Waals surface area contributed by atoms with Crippen LogP contribution < -0.4 is 4.74 Å². The van der Waals surface area contributed by atoms with E-state index in [1.54, 1.807) is 7.11 Å². The minimum Gasteiger partial charge on any atom is -0.497 e. The maximum atomic E-state index is 5.63. The molecule has 3 unspecified atom stereocenters. The lowest BCUT2D eigenvalue weighted by molar-refractivity contribution is 0.323. The second-order valence-electron chi connectivity index (χ2n) is 4.85. The summed E-state index contributed by atoms with van der Waals surface area (Å²) in [5.41, 5.74) is 1.44. The van der Waals surface area contributed by atoms with E-state index in [0.717, 1.165) is 5.75 Å². The summed E-state index contributed by atoms with van der Waals surface area (Å²) in [4.78, 5) is 0. The lowest BCUT2D eigenvalue weighted by Gasteiger charge is -2.15. The number of ether oxygens (including phenoxy) is 2. The number of benzene rings is 1. The van der Waals surface area contributed by atoms with Crippen molar-refractivity contribution < 1.29 is 9.47 Å². The fourth-order valence-electron chi connectivity index (χ4n) is 2.78. The molecular formula is C14H18O2. The molecule has 1 saturated carbocycles. The van der Waals surface area contributed by atoms with Crippen LogP contribution >= 0.6 is 0 Å². The molecule has 2 nitrogen and oxygen atoms in total. The van der Waals surface area contributed by atoms with Gasteiger partial charge in [0, 0.05) is 0 Å². The Hall–Kier alpha value is -1.02. The van der Waals surface area contributed by atoms with Crippen LogP contribution in [0.4, 0.5) is 0 Å². The summed E-state index contributed by atoms with van der Waals surface area (Å²) in [6.45, 7) is 0. The molecule has 1 heterocycles. The van der Waals surface area contributed by atoms with Crippen molar-refractivity contribution in [3.05, 3.63) is 29.8 Å². The van der Waals surface area contributed by atoms with Gasteiger partial charge in [0.1, 0.15) is 5.75 Å². The van der Waals surface area contributed by atoms with Crippen LogP contribution in [-0.2, 0) is 4.74 Å². The van der Waals surface area contributed by atoms with Gasteiger partial charge in [-0.2, -0.15) is 0 Å². The maximum absolute atomic E-state index is 5.63. The molecule has 0 N–H and O–H groups in total. The van der Waals surface area contributed by atoms with Gasteiger partial charge in [-0.15, -0.1) is 0 Å². The molecule has 0 amide bonds. The molecule has 2 heteroatoms. The lowest BCUT2D eigenvalue weighted by atomic mass is 9.91. The van der Waals surface area contributed by atoms with Crippen molar-refractivity contribution in [3.63, 3.8) is 0 Å². The number of epoxide rings is 1. The van der Waals surface area contributed by atoms with Crippen molar-refractivity contribution in [2.24, 2.45) is 0 Å². The minimum atomic E-state index is 0.551. The average molecular weight is 218 g/mol. The predicted molar refractivity (Wildman–Crippen MR) is 62.9 cm³/mol. The van der Waals surface area contributed by atoms with E-state index < -0.39 is 0 Å². The van der Waals surface area contributed by atoms with Crippen LogP contribution in [0.15, 0.2) is 24.3 Å². The maximum Gasteiger partial charge on any atom is 0.118 e. The summed E-state index contributed by atoms with van der Waals surface area (Å²) in [6.07, 6.45) is 6.22. The zero-order valence-corrected chi connectivity index (χ0v) is 9.69. The monoisotopic (exact) mass is 218 g/mol. The van der Waals surface area contributed by atoms with Gasteiger partial charge in [0.25, 0.3) is 0 Å². The van der Waals surface area contributed by atoms with Gasteiger partial charge < -0.3 is 9.47 Å². The van der Waals surface area contributed by atoms with E-state index in [9.17, 15) is 0 Å². The Morgan fingerprint density at radius 2 is 1.94 bits per heavy atom. The number of fused-ring (bicyclic) bond motifs is 1. The molecule has 1 aliphatic carbocycles. The van der Waals surface area contributed by atoms with Crippen LogP contribution in [0, 0.1) is 0 Å². The average Bonchev–Trinajstić information content (AvgIpc) is 3.06. The molecule has 1 saturated heterocycles. The summed E-state index contributed by atoms with van der Waals surface area (Å²) in [5.74, 6) is 1.63. The molecule has 0 radical (unpaired) electrons. The van der Waals surface area contributed by atoms with Crippen molar-refractivity contribution in [2.45, 2.75) is 43.8 Å². The van der Waals surface area contributed by atoms with Crippen molar-refractivity contribution in [3.8, 4) is 5.75 Å². The number of hydrogen-bond acceptors (Lipinski definition) is 2. The molecule has 0 bridgehead atoms. The minimum absolute atomic E-state index is 0.551. The van der Waals surface area contributed by atoms with Gasteiger partial charge in [0.05, 0.1) is 19.3 Å². The van der Waals surface area contributed by atoms with E-state index in [1.165, 1.54) is 31.2 Å². The molecule has 2 aliphatic rings. The normalized spacial score (nSPS) is 32.7. The molecule has 3 atom stereocenters. The first-order chi connectivity index (χ1) is 7.86. The van der Waals surface area contributed by atoms with Crippen LogP contribution in [0.2, 0.25) is 0 Å². The quantitative estimate of drug-likeness (QED) is 0.711. The van der Waals surface area contributed by atoms with Crippen LogP contribution in [0.5, 0.6) is 5.75 Å². The second kappa shape index (κ2) is 4.10. The van der Waals surface area contributed by atoms with E-state index in [2.05, 4.69) is 24.3 Å². The van der Waals surface area contributed by atoms with Crippen LogP contribution in [0.25, 0.3) is 0 Å². The van der Waals surface area contributed by atoms with Gasteiger partial charge in [-0.05, 0) is 42.9 Å². The first-order valence-corrected chi connectivity index (χ1v) is 6.16. The summed E-state index contributed by atoms with van der Waals surface area (Å²) < 4.78 is 10.8. The molecule has 0 spiro atoms. The standard InChI is InChI=1S/C14H18O2/c1-15-12-7-5-10(6-8-12)11-3-2-4-13-14(9-11)16-13/h5-8,11,13-14H,2-4,9H2,1H3. The molecule has 1 aliphatic heterocycles. The van der Waals surface area contributed by atoms with E-state index in [0.29, 0.717) is 18.1 Å². The molecule has 86 valence electrons. The van der Waals surface area contributed by atoms with E-state index in [4.69, 9.17) is 9.47 Å². The first-order valence-electron chi connectivity index (χ1n) is 6.16. The zero-order chi connectivity index (χ0) is 11.0. The van der Waals surface area contributed by atoms with Crippen molar-refractivity contribution in [1.29, 1.82) is 0 Å². The third-order valence-electron chi connectivity index (χ3n) is 3.83. The fraction of sp³-hybridized carbons (Fsp3) is 0.571. The van der Waals surface area contributed by atoms with Crippen molar-refractivity contribution >= 4 is 0 Å². The molecule has 1 aromatic carbocycles. The Kier molecular flexibility index (Phi) is 2.60. The number of rotatable bonds is 2. The highest BCUT2D eigenvalue weighted by molar-refractivity contribution is 5.29. The van der Waals surface area contributed by atoms with Gasteiger partial charge in [0.15, 0.2) is 0 Å². The Labute approximate surface area is 96.6 Å². The molecule has 2 fully saturated rings. The highest BCUT2D eigenvalue weighted by Crippen LogP contribution is 2.41. The molecule has 16 heavy (non-hydrogen) atoms. The Bertz CT molecular complexity index is 358. The molecule has 1 aromatic rings. The second-order valence-corrected chi connectivity index (χ2v) is 4.85. The van der Waals surface area contributed by atoms with E-state index in [-0.39, 0.29) is 0 Å². The van der Waals surface area contributed by atoms with E-state index in [1.807, 2.05) is 0 Å². The van der Waals surface area contributed by atoms with Crippen LogP contribution in [0.1, 0.15) is 37.2 Å². The Balaban J connectivity index is 1.74. The third kappa shape index (κ3) is 1.94. The van der Waals surface area contributed by atoms with E-state index >= 15 is 0 Å². The smallest absolute Gasteiger partial charge is 0.118 e. The summed E-state index contributed by atoms with van der Waals surface area (Å²) >= 11 is 0. The van der Waals surface area contributed by atoms with Gasteiger partial charge >= 0.3 is 0 Å². The van der Waals surface area contributed by atoms with Crippen LogP contribution in [0.3, 0.4) is 0 Å². The van der Waals surface area contributed by atoms with Gasteiger partial charge in [-0.3, -0.25) is 0 Å². The third-order valence-corrected chi connectivity index (χ3v) is 3.83. The van der Waals surface area contributed by atoms with Crippen molar-refractivity contribution in [2.75, 3.05) is 7.11 Å². The zero-order valence-electron chi connectivity index (χ0n) is 9.69. The van der Waals surface area contributed by atoms with Crippen molar-refractivity contribution in [1.82, 2.24) is 0 Å². The predicted octanol–water partition coefficient (Wildman–Crippen LogP) is 3.12. The van der Waals surface area contributed by atoms with Gasteiger partial charge in [-0.1, -0.05) is 18.6 Å². The Morgan fingerprint density at radius 1 is 1.12 bits per heavy atom. The summed E-state index contributed by atoms with van der Waals surface area (Å²) in [6, 6.07) is 8.52. The van der Waals surface area contributed by atoms with Gasteiger partial charge in [0.2, 0.25) is 0 Å².